The number of aromatic nitrogens is 2. The van der Waals surface area contributed by atoms with Gasteiger partial charge >= 0.3 is 5.97 Å². The van der Waals surface area contributed by atoms with E-state index < -0.39 is 5.97 Å². The van der Waals surface area contributed by atoms with Crippen molar-refractivity contribution in [3.8, 4) is 0 Å². The molecule has 0 aromatic carbocycles. The molecule has 0 atom stereocenters. The Hall–Kier alpha value is -1.40. The first-order valence-corrected chi connectivity index (χ1v) is 5.80. The molecule has 1 aliphatic rings. The summed E-state index contributed by atoms with van der Waals surface area (Å²) in [6, 6.07) is 0. The number of carboxylic acid groups (broad SMARTS) is 1. The first-order chi connectivity index (χ1) is 8.22. The standard InChI is InChI=1S/C11H17N3O3/c1-2-14-10(11(15)16)9(7-12-14)8-13-3-5-17-6-4-13/h7H,2-6,8H2,1H3,(H,15,16). The van der Waals surface area contributed by atoms with E-state index in [-0.39, 0.29) is 0 Å². The fraction of sp³-hybridized carbons (Fsp3) is 0.636. The van der Waals surface area contributed by atoms with Gasteiger partial charge < -0.3 is 9.84 Å². The largest absolute Gasteiger partial charge is 0.477 e. The van der Waals surface area contributed by atoms with Crippen LogP contribution in [0.2, 0.25) is 0 Å². The summed E-state index contributed by atoms with van der Waals surface area (Å²) < 4.78 is 6.79. The normalized spacial score (nSPS) is 17.2. The van der Waals surface area contributed by atoms with Crippen molar-refractivity contribution in [2.75, 3.05) is 26.3 Å². The second-order valence-electron chi connectivity index (χ2n) is 4.03. The molecule has 1 aromatic rings. The van der Waals surface area contributed by atoms with Gasteiger partial charge in [0.1, 0.15) is 0 Å². The summed E-state index contributed by atoms with van der Waals surface area (Å²) >= 11 is 0. The van der Waals surface area contributed by atoms with E-state index >= 15 is 0 Å². The average Bonchev–Trinajstić information content (AvgIpc) is 2.73. The molecule has 1 N–H and O–H groups in total. The van der Waals surface area contributed by atoms with E-state index in [0.29, 0.717) is 32.0 Å². The van der Waals surface area contributed by atoms with Crippen molar-refractivity contribution in [2.45, 2.75) is 20.0 Å². The molecule has 6 heteroatoms. The molecular weight excluding hydrogens is 222 g/mol. The van der Waals surface area contributed by atoms with Crippen molar-refractivity contribution in [2.24, 2.45) is 0 Å². The van der Waals surface area contributed by atoms with E-state index in [2.05, 4.69) is 10.00 Å². The van der Waals surface area contributed by atoms with Crippen LogP contribution in [-0.4, -0.2) is 52.1 Å². The van der Waals surface area contributed by atoms with E-state index in [1.807, 2.05) is 6.92 Å². The molecule has 0 unspecified atom stereocenters. The van der Waals surface area contributed by atoms with Crippen molar-refractivity contribution in [1.29, 1.82) is 0 Å². The van der Waals surface area contributed by atoms with Crippen LogP contribution in [0.1, 0.15) is 23.0 Å². The summed E-state index contributed by atoms with van der Waals surface area (Å²) in [7, 11) is 0. The molecule has 2 rings (SSSR count). The van der Waals surface area contributed by atoms with Crippen LogP contribution in [0.25, 0.3) is 0 Å². The van der Waals surface area contributed by atoms with Crippen LogP contribution in [-0.2, 0) is 17.8 Å². The summed E-state index contributed by atoms with van der Waals surface area (Å²) in [6.45, 7) is 6.20. The van der Waals surface area contributed by atoms with Crippen LogP contribution in [0.15, 0.2) is 6.20 Å². The third-order valence-electron chi connectivity index (χ3n) is 2.92. The van der Waals surface area contributed by atoms with Gasteiger partial charge in [-0.3, -0.25) is 9.58 Å². The highest BCUT2D eigenvalue weighted by molar-refractivity contribution is 5.87. The van der Waals surface area contributed by atoms with Gasteiger partial charge in [0.2, 0.25) is 0 Å². The zero-order valence-corrected chi connectivity index (χ0v) is 9.93. The second kappa shape index (κ2) is 5.29. The zero-order chi connectivity index (χ0) is 12.3. The molecule has 0 spiro atoms. The molecule has 0 amide bonds. The minimum absolute atomic E-state index is 0.305. The topological polar surface area (TPSA) is 67.6 Å². The van der Waals surface area contributed by atoms with Gasteiger partial charge in [0.25, 0.3) is 0 Å². The van der Waals surface area contributed by atoms with Gasteiger partial charge in [0.05, 0.1) is 19.4 Å². The lowest BCUT2D eigenvalue weighted by molar-refractivity contribution is 0.0339. The maximum Gasteiger partial charge on any atom is 0.354 e. The molecule has 0 aliphatic carbocycles. The number of hydrogen-bond acceptors (Lipinski definition) is 4. The van der Waals surface area contributed by atoms with E-state index in [1.54, 1.807) is 6.20 Å². The molecule has 2 heterocycles. The van der Waals surface area contributed by atoms with Gasteiger partial charge in [-0.25, -0.2) is 4.79 Å². The van der Waals surface area contributed by atoms with Crippen molar-refractivity contribution in [3.05, 3.63) is 17.5 Å². The third-order valence-corrected chi connectivity index (χ3v) is 2.92. The lowest BCUT2D eigenvalue weighted by Crippen LogP contribution is -2.36. The Morgan fingerprint density at radius 3 is 2.82 bits per heavy atom. The van der Waals surface area contributed by atoms with Crippen LogP contribution in [0.3, 0.4) is 0 Å². The molecule has 6 nitrogen and oxygen atoms in total. The molecule has 1 aromatic heterocycles. The quantitative estimate of drug-likeness (QED) is 0.825. The Kier molecular flexibility index (Phi) is 3.75. The number of carbonyl (C=O) groups is 1. The number of rotatable bonds is 4. The predicted molar refractivity (Wildman–Crippen MR) is 61.0 cm³/mol. The highest BCUT2D eigenvalue weighted by Gasteiger charge is 2.20. The Balaban J connectivity index is 2.14. The second-order valence-corrected chi connectivity index (χ2v) is 4.03. The number of hydrogen-bond donors (Lipinski definition) is 1. The summed E-state index contributed by atoms with van der Waals surface area (Å²) in [5.74, 6) is -0.910. The zero-order valence-electron chi connectivity index (χ0n) is 9.93. The summed E-state index contributed by atoms with van der Waals surface area (Å²) in [4.78, 5) is 13.4. The molecular formula is C11H17N3O3. The van der Waals surface area contributed by atoms with Gasteiger partial charge in [-0.2, -0.15) is 5.10 Å². The van der Waals surface area contributed by atoms with Crippen LogP contribution in [0, 0.1) is 0 Å². The lowest BCUT2D eigenvalue weighted by atomic mass is 10.2. The van der Waals surface area contributed by atoms with Crippen molar-refractivity contribution in [1.82, 2.24) is 14.7 Å². The Labute approximate surface area is 99.8 Å². The summed E-state index contributed by atoms with van der Waals surface area (Å²) in [5, 5.41) is 13.3. The molecule has 1 fully saturated rings. The van der Waals surface area contributed by atoms with Gasteiger partial charge in [0.15, 0.2) is 5.69 Å². The minimum atomic E-state index is -0.910. The fourth-order valence-corrected chi connectivity index (χ4v) is 2.03. The smallest absolute Gasteiger partial charge is 0.354 e. The van der Waals surface area contributed by atoms with Crippen LogP contribution in [0.5, 0.6) is 0 Å². The Morgan fingerprint density at radius 2 is 2.24 bits per heavy atom. The van der Waals surface area contributed by atoms with E-state index in [1.165, 1.54) is 4.68 Å². The maximum absolute atomic E-state index is 11.2. The third kappa shape index (κ3) is 2.65. The van der Waals surface area contributed by atoms with Crippen LogP contribution >= 0.6 is 0 Å². The number of aromatic carboxylic acids is 1. The molecule has 1 aliphatic heterocycles. The monoisotopic (exact) mass is 239 g/mol. The van der Waals surface area contributed by atoms with E-state index in [0.717, 1.165) is 18.7 Å². The highest BCUT2D eigenvalue weighted by Crippen LogP contribution is 2.13. The minimum Gasteiger partial charge on any atom is -0.477 e. The SMILES string of the molecule is CCn1ncc(CN2CCOCC2)c1C(=O)O. The van der Waals surface area contributed by atoms with Crippen molar-refractivity contribution < 1.29 is 14.6 Å². The number of aryl methyl sites for hydroxylation is 1. The molecule has 0 bridgehead atoms. The molecule has 0 radical (unpaired) electrons. The number of morpholine rings is 1. The maximum atomic E-state index is 11.2. The Bertz CT molecular complexity index is 397. The number of carboxylic acids is 1. The lowest BCUT2D eigenvalue weighted by Gasteiger charge is -2.26. The van der Waals surface area contributed by atoms with Crippen LogP contribution < -0.4 is 0 Å². The summed E-state index contributed by atoms with van der Waals surface area (Å²) in [5.41, 5.74) is 1.08. The molecule has 94 valence electrons. The van der Waals surface area contributed by atoms with Crippen molar-refractivity contribution in [3.63, 3.8) is 0 Å². The molecule has 1 saturated heterocycles. The summed E-state index contributed by atoms with van der Waals surface area (Å²) in [6.07, 6.45) is 1.66. The first-order valence-electron chi connectivity index (χ1n) is 5.80. The predicted octanol–water partition coefficient (Wildman–Crippen LogP) is 0.433. The number of ether oxygens (including phenoxy) is 1. The van der Waals surface area contributed by atoms with E-state index in [4.69, 9.17) is 4.74 Å². The highest BCUT2D eigenvalue weighted by atomic mass is 16.5. The molecule has 17 heavy (non-hydrogen) atoms. The van der Waals surface area contributed by atoms with Crippen molar-refractivity contribution >= 4 is 5.97 Å². The van der Waals surface area contributed by atoms with Crippen LogP contribution in [0.4, 0.5) is 0 Å². The van der Waals surface area contributed by atoms with E-state index in [9.17, 15) is 9.90 Å². The first kappa shape index (κ1) is 12.1. The average molecular weight is 239 g/mol. The van der Waals surface area contributed by atoms with Gasteiger partial charge in [-0.1, -0.05) is 0 Å². The molecule has 0 saturated carbocycles. The van der Waals surface area contributed by atoms with Gasteiger partial charge in [-0.05, 0) is 6.92 Å². The number of nitrogens with zero attached hydrogens (tertiary/aromatic N) is 3. The Morgan fingerprint density at radius 1 is 1.53 bits per heavy atom. The fourth-order valence-electron chi connectivity index (χ4n) is 2.03. The van der Waals surface area contributed by atoms with Gasteiger partial charge in [0, 0.05) is 31.7 Å². The van der Waals surface area contributed by atoms with Gasteiger partial charge in [-0.15, -0.1) is 0 Å².